The van der Waals surface area contributed by atoms with Crippen LogP contribution in [-0.4, -0.2) is 11.0 Å². The minimum absolute atomic E-state index is 0.140. The van der Waals surface area contributed by atoms with E-state index in [1.165, 1.54) is 31.4 Å². The summed E-state index contributed by atoms with van der Waals surface area (Å²) >= 11 is 2.01. The number of thioether (sulfide) groups is 1. The van der Waals surface area contributed by atoms with Gasteiger partial charge in [0.25, 0.3) is 0 Å². The third-order valence-corrected chi connectivity index (χ3v) is 4.17. The SMILES string of the molecule is N#CC1(C2CCCS2)CC1. The third-order valence-electron chi connectivity index (χ3n) is 2.56. The van der Waals surface area contributed by atoms with Gasteiger partial charge in [0.05, 0.1) is 11.5 Å². The summed E-state index contributed by atoms with van der Waals surface area (Å²) in [6.07, 6.45) is 4.96. The van der Waals surface area contributed by atoms with E-state index in [0.29, 0.717) is 5.25 Å². The van der Waals surface area contributed by atoms with Crippen molar-refractivity contribution in [2.75, 3.05) is 5.75 Å². The molecule has 2 heteroatoms. The van der Waals surface area contributed by atoms with E-state index in [9.17, 15) is 0 Å². The van der Waals surface area contributed by atoms with Crippen molar-refractivity contribution < 1.29 is 0 Å². The maximum atomic E-state index is 8.85. The predicted octanol–water partition coefficient (Wildman–Crippen LogP) is 2.19. The fourth-order valence-corrected chi connectivity index (χ4v) is 3.21. The second-order valence-corrected chi connectivity index (χ2v) is 4.58. The van der Waals surface area contributed by atoms with Crippen molar-refractivity contribution in [3.63, 3.8) is 0 Å². The molecular weight excluding hydrogens is 142 g/mol. The predicted molar refractivity (Wildman–Crippen MR) is 42.8 cm³/mol. The van der Waals surface area contributed by atoms with Crippen molar-refractivity contribution >= 4 is 11.8 Å². The van der Waals surface area contributed by atoms with Crippen molar-refractivity contribution in [2.45, 2.75) is 30.9 Å². The molecule has 0 radical (unpaired) electrons. The van der Waals surface area contributed by atoms with Crippen molar-refractivity contribution in [1.29, 1.82) is 5.26 Å². The molecule has 1 atom stereocenters. The molecule has 1 saturated heterocycles. The van der Waals surface area contributed by atoms with Gasteiger partial charge in [-0.2, -0.15) is 17.0 Å². The first-order valence-corrected chi connectivity index (χ1v) is 4.95. The van der Waals surface area contributed by atoms with Crippen LogP contribution < -0.4 is 0 Å². The minimum Gasteiger partial charge on any atom is -0.198 e. The van der Waals surface area contributed by atoms with E-state index in [1.807, 2.05) is 11.8 Å². The molecule has 1 saturated carbocycles. The van der Waals surface area contributed by atoms with Gasteiger partial charge in [0, 0.05) is 5.25 Å². The van der Waals surface area contributed by atoms with E-state index in [0.717, 1.165) is 0 Å². The van der Waals surface area contributed by atoms with Gasteiger partial charge in [-0.05, 0) is 31.4 Å². The summed E-state index contributed by atoms with van der Waals surface area (Å²) in [7, 11) is 0. The van der Waals surface area contributed by atoms with Crippen molar-refractivity contribution in [1.82, 2.24) is 0 Å². The topological polar surface area (TPSA) is 23.8 Å². The highest BCUT2D eigenvalue weighted by Gasteiger charge is 2.50. The first-order valence-electron chi connectivity index (χ1n) is 3.90. The molecular formula is C8H11NS. The van der Waals surface area contributed by atoms with Gasteiger partial charge in [0.2, 0.25) is 0 Å². The van der Waals surface area contributed by atoms with Crippen LogP contribution in [-0.2, 0) is 0 Å². The Labute approximate surface area is 65.8 Å². The molecule has 0 aromatic heterocycles. The second kappa shape index (κ2) is 2.17. The van der Waals surface area contributed by atoms with E-state index < -0.39 is 0 Å². The van der Waals surface area contributed by atoms with Crippen LogP contribution in [0.15, 0.2) is 0 Å². The van der Waals surface area contributed by atoms with E-state index in [2.05, 4.69) is 6.07 Å². The summed E-state index contributed by atoms with van der Waals surface area (Å²) < 4.78 is 0. The van der Waals surface area contributed by atoms with Crippen LogP contribution >= 0.6 is 11.8 Å². The van der Waals surface area contributed by atoms with Crippen LogP contribution in [0.3, 0.4) is 0 Å². The van der Waals surface area contributed by atoms with Crippen molar-refractivity contribution in [3.8, 4) is 6.07 Å². The summed E-state index contributed by atoms with van der Waals surface area (Å²) in [6.45, 7) is 0. The van der Waals surface area contributed by atoms with Gasteiger partial charge in [-0.25, -0.2) is 0 Å². The highest BCUT2D eigenvalue weighted by Crippen LogP contribution is 2.55. The largest absolute Gasteiger partial charge is 0.198 e. The Morgan fingerprint density at radius 3 is 2.70 bits per heavy atom. The molecule has 1 aliphatic heterocycles. The zero-order valence-electron chi connectivity index (χ0n) is 5.97. The van der Waals surface area contributed by atoms with Gasteiger partial charge in [-0.1, -0.05) is 0 Å². The number of nitrogens with zero attached hydrogens (tertiary/aromatic N) is 1. The molecule has 1 nitrogen and oxygen atoms in total. The average molecular weight is 153 g/mol. The third kappa shape index (κ3) is 0.845. The fourth-order valence-electron chi connectivity index (χ4n) is 1.65. The molecule has 0 amide bonds. The Kier molecular flexibility index (Phi) is 1.42. The number of nitriles is 1. The van der Waals surface area contributed by atoms with E-state index in [1.54, 1.807) is 0 Å². The molecule has 0 aromatic rings. The van der Waals surface area contributed by atoms with Crippen LogP contribution in [0.4, 0.5) is 0 Å². The first-order chi connectivity index (χ1) is 4.87. The summed E-state index contributed by atoms with van der Waals surface area (Å²) in [5.74, 6) is 1.29. The summed E-state index contributed by atoms with van der Waals surface area (Å²) in [5.41, 5.74) is 0.140. The first kappa shape index (κ1) is 6.54. The maximum Gasteiger partial charge on any atom is 0.0701 e. The highest BCUT2D eigenvalue weighted by molar-refractivity contribution is 8.00. The molecule has 10 heavy (non-hydrogen) atoms. The summed E-state index contributed by atoms with van der Waals surface area (Å²) in [5, 5.41) is 9.55. The monoisotopic (exact) mass is 153 g/mol. The standard InChI is InChI=1S/C8H11NS/c9-6-8(3-4-8)7-2-1-5-10-7/h7H,1-5H2. The summed E-state index contributed by atoms with van der Waals surface area (Å²) in [6, 6.07) is 2.47. The molecule has 2 rings (SSSR count). The number of hydrogen-bond acceptors (Lipinski definition) is 2. The lowest BCUT2D eigenvalue weighted by atomic mass is 10.0. The van der Waals surface area contributed by atoms with E-state index in [4.69, 9.17) is 5.26 Å². The van der Waals surface area contributed by atoms with Crippen LogP contribution in [0.25, 0.3) is 0 Å². The number of hydrogen-bond donors (Lipinski definition) is 0. The lowest BCUT2D eigenvalue weighted by Crippen LogP contribution is -2.12. The fraction of sp³-hybridized carbons (Fsp3) is 0.875. The van der Waals surface area contributed by atoms with Crippen LogP contribution in [0.2, 0.25) is 0 Å². The van der Waals surface area contributed by atoms with Gasteiger partial charge >= 0.3 is 0 Å². The molecule has 1 aliphatic carbocycles. The smallest absolute Gasteiger partial charge is 0.0701 e. The molecule has 0 N–H and O–H groups in total. The molecule has 0 spiro atoms. The Hall–Kier alpha value is -0.160. The van der Waals surface area contributed by atoms with Gasteiger partial charge < -0.3 is 0 Å². The van der Waals surface area contributed by atoms with Crippen LogP contribution in [0.5, 0.6) is 0 Å². The van der Waals surface area contributed by atoms with Gasteiger partial charge in [-0.3, -0.25) is 0 Å². The Morgan fingerprint density at radius 2 is 2.30 bits per heavy atom. The van der Waals surface area contributed by atoms with Crippen LogP contribution in [0, 0.1) is 16.7 Å². The molecule has 0 bridgehead atoms. The zero-order valence-corrected chi connectivity index (χ0v) is 6.78. The molecule has 2 aliphatic rings. The zero-order chi connectivity index (χ0) is 7.03. The Balaban J connectivity index is 2.05. The number of rotatable bonds is 1. The molecule has 1 heterocycles. The highest BCUT2D eigenvalue weighted by atomic mass is 32.2. The van der Waals surface area contributed by atoms with E-state index in [-0.39, 0.29) is 5.41 Å². The molecule has 2 fully saturated rings. The maximum absolute atomic E-state index is 8.85. The van der Waals surface area contributed by atoms with Crippen molar-refractivity contribution in [2.24, 2.45) is 5.41 Å². The summed E-state index contributed by atoms with van der Waals surface area (Å²) in [4.78, 5) is 0. The molecule has 54 valence electrons. The molecule has 0 aromatic carbocycles. The van der Waals surface area contributed by atoms with Gasteiger partial charge in [-0.15, -0.1) is 0 Å². The normalized spacial score (nSPS) is 35.3. The average Bonchev–Trinajstić information content (AvgIpc) is 2.58. The minimum atomic E-state index is 0.140. The lowest BCUT2D eigenvalue weighted by Gasteiger charge is -2.12. The van der Waals surface area contributed by atoms with Crippen LogP contribution in [0.1, 0.15) is 25.7 Å². The Morgan fingerprint density at radius 1 is 1.50 bits per heavy atom. The second-order valence-electron chi connectivity index (χ2n) is 3.27. The molecule has 1 unspecified atom stereocenters. The van der Waals surface area contributed by atoms with Gasteiger partial charge in [0.15, 0.2) is 0 Å². The lowest BCUT2D eigenvalue weighted by molar-refractivity contribution is 0.597. The van der Waals surface area contributed by atoms with Crippen molar-refractivity contribution in [3.05, 3.63) is 0 Å². The van der Waals surface area contributed by atoms with Gasteiger partial charge in [0.1, 0.15) is 0 Å². The Bertz CT molecular complexity index is 172. The quantitative estimate of drug-likeness (QED) is 0.576. The van der Waals surface area contributed by atoms with E-state index >= 15 is 0 Å².